The van der Waals surface area contributed by atoms with Crippen molar-refractivity contribution in [2.45, 2.75) is 70.5 Å². The van der Waals surface area contributed by atoms with Gasteiger partial charge in [0.15, 0.2) is 0 Å². The van der Waals surface area contributed by atoms with Gasteiger partial charge in [0, 0.05) is 18.1 Å². The summed E-state index contributed by atoms with van der Waals surface area (Å²) in [7, 11) is 2.22. The predicted octanol–water partition coefficient (Wildman–Crippen LogP) is 2.38. The lowest BCUT2D eigenvalue weighted by atomic mass is 9.91. The van der Waals surface area contributed by atoms with Crippen LogP contribution in [0, 0.1) is 0 Å². The summed E-state index contributed by atoms with van der Waals surface area (Å²) in [6.45, 7) is 4.51. The molecule has 84 valence electrons. The number of hydrogen-bond donors (Lipinski definition) is 1. The number of nitrogens with two attached hydrogens (primary N) is 1. The smallest absolute Gasteiger partial charge is 0.0246 e. The van der Waals surface area contributed by atoms with Crippen LogP contribution in [0.3, 0.4) is 0 Å². The lowest BCUT2D eigenvalue weighted by Crippen LogP contribution is -2.49. The van der Waals surface area contributed by atoms with E-state index in [4.69, 9.17) is 5.73 Å². The van der Waals surface area contributed by atoms with E-state index >= 15 is 0 Å². The van der Waals surface area contributed by atoms with Crippen molar-refractivity contribution in [3.63, 3.8) is 0 Å². The second kappa shape index (κ2) is 5.72. The highest BCUT2D eigenvalue weighted by atomic mass is 15.2. The fourth-order valence-corrected chi connectivity index (χ4v) is 2.38. The first-order valence-corrected chi connectivity index (χ1v) is 6.10. The van der Waals surface area contributed by atoms with Crippen molar-refractivity contribution in [3.05, 3.63) is 0 Å². The van der Waals surface area contributed by atoms with E-state index in [0.717, 1.165) is 0 Å². The average molecular weight is 198 g/mol. The third-order valence-corrected chi connectivity index (χ3v) is 3.62. The van der Waals surface area contributed by atoms with E-state index in [9.17, 15) is 0 Å². The zero-order valence-electron chi connectivity index (χ0n) is 10.00. The molecule has 1 saturated carbocycles. The predicted molar refractivity (Wildman–Crippen MR) is 62.4 cm³/mol. The van der Waals surface area contributed by atoms with Crippen molar-refractivity contribution in [2.75, 3.05) is 7.05 Å². The zero-order valence-corrected chi connectivity index (χ0v) is 10.00. The molecule has 0 heterocycles. The molecule has 0 aromatic carbocycles. The van der Waals surface area contributed by atoms with Gasteiger partial charge < -0.3 is 5.73 Å². The molecular weight excluding hydrogens is 172 g/mol. The highest BCUT2D eigenvalue weighted by Gasteiger charge is 2.24. The Morgan fingerprint density at radius 3 is 2.21 bits per heavy atom. The van der Waals surface area contributed by atoms with Crippen LogP contribution in [-0.2, 0) is 0 Å². The lowest BCUT2D eigenvalue weighted by Gasteiger charge is -2.36. The van der Waals surface area contributed by atoms with Gasteiger partial charge in [-0.25, -0.2) is 0 Å². The van der Waals surface area contributed by atoms with Crippen LogP contribution in [0.25, 0.3) is 0 Å². The Hall–Kier alpha value is -0.0800. The molecule has 14 heavy (non-hydrogen) atoms. The van der Waals surface area contributed by atoms with Gasteiger partial charge in [-0.1, -0.05) is 25.7 Å². The van der Waals surface area contributed by atoms with E-state index in [1.54, 1.807) is 0 Å². The van der Waals surface area contributed by atoms with E-state index in [0.29, 0.717) is 18.1 Å². The molecular formula is C12H26N2. The van der Waals surface area contributed by atoms with E-state index in [-0.39, 0.29) is 0 Å². The summed E-state index contributed by atoms with van der Waals surface area (Å²) in [5.74, 6) is 0. The molecule has 2 atom stereocenters. The first-order chi connectivity index (χ1) is 6.63. The largest absolute Gasteiger partial charge is 0.326 e. The standard InChI is InChI=1S/C12H26N2/c1-10(2)14(3)12-9-7-5-4-6-8-11(12)13/h10-12H,4-9,13H2,1-3H3. The first-order valence-electron chi connectivity index (χ1n) is 6.10. The number of likely N-dealkylation sites (N-methyl/N-ethyl adjacent to an activating group) is 1. The van der Waals surface area contributed by atoms with Gasteiger partial charge in [0.1, 0.15) is 0 Å². The highest BCUT2D eigenvalue weighted by Crippen LogP contribution is 2.21. The molecule has 0 saturated heterocycles. The summed E-state index contributed by atoms with van der Waals surface area (Å²) in [6, 6.07) is 1.61. The van der Waals surface area contributed by atoms with Gasteiger partial charge in [0.2, 0.25) is 0 Å². The second-order valence-corrected chi connectivity index (χ2v) is 4.98. The van der Waals surface area contributed by atoms with Gasteiger partial charge >= 0.3 is 0 Å². The van der Waals surface area contributed by atoms with Crippen LogP contribution in [0.1, 0.15) is 52.4 Å². The zero-order chi connectivity index (χ0) is 10.6. The molecule has 0 aliphatic heterocycles. The third-order valence-electron chi connectivity index (χ3n) is 3.62. The molecule has 2 N–H and O–H groups in total. The monoisotopic (exact) mass is 198 g/mol. The number of hydrogen-bond acceptors (Lipinski definition) is 2. The molecule has 0 radical (unpaired) electrons. The molecule has 0 amide bonds. The maximum absolute atomic E-state index is 6.25. The minimum absolute atomic E-state index is 0.391. The minimum Gasteiger partial charge on any atom is -0.326 e. The maximum Gasteiger partial charge on any atom is 0.0246 e. The Bertz CT molecular complexity index is 156. The Balaban J connectivity index is 2.52. The van der Waals surface area contributed by atoms with E-state index in [1.165, 1.54) is 38.5 Å². The topological polar surface area (TPSA) is 29.3 Å². The minimum atomic E-state index is 0.391. The molecule has 0 spiro atoms. The number of rotatable bonds is 2. The Labute approximate surface area is 88.8 Å². The Morgan fingerprint density at radius 1 is 1.07 bits per heavy atom. The summed E-state index contributed by atoms with van der Waals surface area (Å²) in [6.07, 6.45) is 7.96. The van der Waals surface area contributed by atoms with E-state index < -0.39 is 0 Å². The van der Waals surface area contributed by atoms with Gasteiger partial charge in [0.05, 0.1) is 0 Å². The molecule has 2 heteroatoms. The molecule has 1 aliphatic carbocycles. The molecule has 0 bridgehead atoms. The average Bonchev–Trinajstić information content (AvgIpc) is 2.11. The van der Waals surface area contributed by atoms with Crippen molar-refractivity contribution in [1.29, 1.82) is 0 Å². The van der Waals surface area contributed by atoms with Crippen LogP contribution >= 0.6 is 0 Å². The van der Waals surface area contributed by atoms with Crippen molar-refractivity contribution in [3.8, 4) is 0 Å². The molecule has 2 unspecified atom stereocenters. The van der Waals surface area contributed by atoms with Crippen LogP contribution in [-0.4, -0.2) is 30.1 Å². The quantitative estimate of drug-likeness (QED) is 0.738. The summed E-state index contributed by atoms with van der Waals surface area (Å²) >= 11 is 0. The van der Waals surface area contributed by atoms with Crippen LogP contribution < -0.4 is 5.73 Å². The van der Waals surface area contributed by atoms with Crippen LogP contribution in [0.15, 0.2) is 0 Å². The molecule has 0 aromatic rings. The molecule has 1 fully saturated rings. The number of nitrogens with zero attached hydrogens (tertiary/aromatic N) is 1. The fourth-order valence-electron chi connectivity index (χ4n) is 2.38. The third kappa shape index (κ3) is 3.25. The van der Waals surface area contributed by atoms with Crippen LogP contribution in [0.5, 0.6) is 0 Å². The summed E-state index contributed by atoms with van der Waals surface area (Å²) in [5.41, 5.74) is 6.25. The Kier molecular flexibility index (Phi) is 4.90. The van der Waals surface area contributed by atoms with Crippen molar-refractivity contribution < 1.29 is 0 Å². The van der Waals surface area contributed by atoms with Crippen molar-refractivity contribution >= 4 is 0 Å². The first kappa shape index (κ1) is 12.0. The molecule has 1 aliphatic rings. The molecule has 0 aromatic heterocycles. The lowest BCUT2D eigenvalue weighted by molar-refractivity contribution is 0.147. The Morgan fingerprint density at radius 2 is 1.64 bits per heavy atom. The maximum atomic E-state index is 6.25. The fraction of sp³-hybridized carbons (Fsp3) is 1.00. The summed E-state index contributed by atoms with van der Waals surface area (Å²) < 4.78 is 0. The van der Waals surface area contributed by atoms with E-state index in [2.05, 4.69) is 25.8 Å². The van der Waals surface area contributed by atoms with Gasteiger partial charge in [-0.15, -0.1) is 0 Å². The van der Waals surface area contributed by atoms with Crippen LogP contribution in [0.2, 0.25) is 0 Å². The van der Waals surface area contributed by atoms with Crippen LogP contribution in [0.4, 0.5) is 0 Å². The van der Waals surface area contributed by atoms with Gasteiger partial charge in [-0.05, 0) is 33.7 Å². The van der Waals surface area contributed by atoms with Gasteiger partial charge in [0.25, 0.3) is 0 Å². The van der Waals surface area contributed by atoms with Gasteiger partial charge in [-0.3, -0.25) is 4.90 Å². The van der Waals surface area contributed by atoms with Gasteiger partial charge in [-0.2, -0.15) is 0 Å². The summed E-state index contributed by atoms with van der Waals surface area (Å²) in [5, 5.41) is 0. The van der Waals surface area contributed by atoms with Crippen molar-refractivity contribution in [1.82, 2.24) is 4.90 Å². The normalized spacial score (nSPS) is 30.4. The molecule has 1 rings (SSSR count). The highest BCUT2D eigenvalue weighted by molar-refractivity contribution is 4.83. The molecule has 2 nitrogen and oxygen atoms in total. The second-order valence-electron chi connectivity index (χ2n) is 4.98. The van der Waals surface area contributed by atoms with Crippen molar-refractivity contribution in [2.24, 2.45) is 5.73 Å². The SMILES string of the molecule is CC(C)N(C)C1CCCCCCC1N. The summed E-state index contributed by atoms with van der Waals surface area (Å²) in [4.78, 5) is 2.45. The van der Waals surface area contributed by atoms with E-state index in [1.807, 2.05) is 0 Å².